The smallest absolute Gasteiger partial charge is 0.111 e. The minimum atomic E-state index is 0.741. The van der Waals surface area contributed by atoms with Crippen molar-refractivity contribution in [3.8, 4) is 0 Å². The van der Waals surface area contributed by atoms with Crippen LogP contribution >= 0.6 is 0 Å². The van der Waals surface area contributed by atoms with Crippen molar-refractivity contribution >= 4 is 11.0 Å². The van der Waals surface area contributed by atoms with Gasteiger partial charge in [-0.05, 0) is 44.0 Å². The zero-order chi connectivity index (χ0) is 12.1. The second-order valence-corrected chi connectivity index (χ2v) is 5.71. The van der Waals surface area contributed by atoms with Crippen molar-refractivity contribution in [1.82, 2.24) is 14.5 Å². The van der Waals surface area contributed by atoms with Gasteiger partial charge in [0, 0.05) is 25.6 Å². The zero-order valence-corrected chi connectivity index (χ0v) is 10.9. The van der Waals surface area contributed by atoms with Crippen LogP contribution in [0.15, 0.2) is 18.2 Å². The number of nitrogens with zero attached hydrogens (tertiary/aromatic N) is 3. The van der Waals surface area contributed by atoms with E-state index in [-0.39, 0.29) is 0 Å². The molecule has 1 atom stereocenters. The molecule has 18 heavy (non-hydrogen) atoms. The zero-order valence-electron chi connectivity index (χ0n) is 10.9. The largest absolute Gasteiger partial charge is 0.326 e. The van der Waals surface area contributed by atoms with Crippen LogP contribution in [-0.4, -0.2) is 33.6 Å². The van der Waals surface area contributed by atoms with E-state index in [1.165, 1.54) is 48.4 Å². The van der Waals surface area contributed by atoms with E-state index >= 15 is 0 Å². The van der Waals surface area contributed by atoms with Gasteiger partial charge >= 0.3 is 0 Å². The number of fused-ring (bicyclic) bond motifs is 4. The molecule has 0 bridgehead atoms. The predicted molar refractivity (Wildman–Crippen MR) is 72.8 cm³/mol. The van der Waals surface area contributed by atoms with Crippen LogP contribution in [-0.2, 0) is 13.0 Å². The van der Waals surface area contributed by atoms with Crippen molar-refractivity contribution in [2.45, 2.75) is 38.8 Å². The lowest BCUT2D eigenvalue weighted by atomic mass is 10.2. The molecule has 3 heterocycles. The minimum absolute atomic E-state index is 0.741. The number of hydrogen-bond acceptors (Lipinski definition) is 2. The van der Waals surface area contributed by atoms with Gasteiger partial charge in [-0.15, -0.1) is 0 Å². The topological polar surface area (TPSA) is 21.1 Å². The number of imidazole rings is 1. The Kier molecular flexibility index (Phi) is 2.24. The Morgan fingerprint density at radius 3 is 3.17 bits per heavy atom. The highest BCUT2D eigenvalue weighted by Gasteiger charge is 2.29. The molecule has 0 spiro atoms. The number of rotatable bonds is 0. The quantitative estimate of drug-likeness (QED) is 0.706. The maximum Gasteiger partial charge on any atom is 0.111 e. The van der Waals surface area contributed by atoms with Gasteiger partial charge in [0.15, 0.2) is 0 Å². The van der Waals surface area contributed by atoms with Crippen LogP contribution < -0.4 is 0 Å². The molecule has 1 unspecified atom stereocenters. The van der Waals surface area contributed by atoms with Crippen LogP contribution in [0.25, 0.3) is 11.0 Å². The van der Waals surface area contributed by atoms with E-state index in [9.17, 15) is 0 Å². The van der Waals surface area contributed by atoms with Crippen LogP contribution in [0.3, 0.4) is 0 Å². The van der Waals surface area contributed by atoms with Gasteiger partial charge in [-0.3, -0.25) is 4.90 Å². The third kappa shape index (κ3) is 1.50. The number of aryl methyl sites for hydroxylation is 1. The van der Waals surface area contributed by atoms with Gasteiger partial charge in [0.2, 0.25) is 0 Å². The van der Waals surface area contributed by atoms with E-state index in [1.807, 2.05) is 0 Å². The summed E-state index contributed by atoms with van der Waals surface area (Å²) in [5.74, 6) is 1.28. The van der Waals surface area contributed by atoms with Crippen LogP contribution in [0.1, 0.15) is 24.2 Å². The normalized spacial score (nSPS) is 23.9. The van der Waals surface area contributed by atoms with Crippen molar-refractivity contribution < 1.29 is 0 Å². The van der Waals surface area contributed by atoms with E-state index in [2.05, 4.69) is 34.6 Å². The first-order valence-corrected chi connectivity index (χ1v) is 7.01. The van der Waals surface area contributed by atoms with E-state index in [1.54, 1.807) is 0 Å². The van der Waals surface area contributed by atoms with Crippen molar-refractivity contribution in [2.24, 2.45) is 0 Å². The lowest BCUT2D eigenvalue weighted by Crippen LogP contribution is -2.31. The molecule has 2 aliphatic heterocycles. The van der Waals surface area contributed by atoms with Crippen LogP contribution in [0.4, 0.5) is 0 Å². The molecule has 0 saturated carbocycles. The van der Waals surface area contributed by atoms with Gasteiger partial charge in [-0.25, -0.2) is 4.98 Å². The molecule has 1 aromatic heterocycles. The molecule has 1 aromatic carbocycles. The summed E-state index contributed by atoms with van der Waals surface area (Å²) in [5, 5.41) is 0. The molecule has 0 radical (unpaired) electrons. The summed E-state index contributed by atoms with van der Waals surface area (Å²) in [4.78, 5) is 7.49. The molecule has 1 fully saturated rings. The highest BCUT2D eigenvalue weighted by Crippen LogP contribution is 2.26. The lowest BCUT2D eigenvalue weighted by molar-refractivity contribution is 0.252. The van der Waals surface area contributed by atoms with Crippen LogP contribution in [0.5, 0.6) is 0 Å². The third-order valence-electron chi connectivity index (χ3n) is 4.50. The van der Waals surface area contributed by atoms with Crippen molar-refractivity contribution in [2.75, 3.05) is 13.1 Å². The number of hydrogen-bond donors (Lipinski definition) is 0. The first-order chi connectivity index (χ1) is 8.81. The molecule has 3 nitrogen and oxygen atoms in total. The molecule has 2 aromatic rings. The first kappa shape index (κ1) is 10.6. The Bertz CT molecular complexity index is 599. The molecule has 3 heteroatoms. The van der Waals surface area contributed by atoms with E-state index < -0.39 is 0 Å². The first-order valence-electron chi connectivity index (χ1n) is 7.01. The molecule has 0 amide bonds. The van der Waals surface area contributed by atoms with Crippen molar-refractivity contribution in [1.29, 1.82) is 0 Å². The fraction of sp³-hybridized carbons (Fsp3) is 0.533. The third-order valence-corrected chi connectivity index (χ3v) is 4.50. The monoisotopic (exact) mass is 241 g/mol. The molecule has 0 N–H and O–H groups in total. The maximum absolute atomic E-state index is 4.84. The highest BCUT2D eigenvalue weighted by molar-refractivity contribution is 5.77. The van der Waals surface area contributed by atoms with Gasteiger partial charge in [0.1, 0.15) is 5.82 Å². The molecular weight excluding hydrogens is 222 g/mol. The van der Waals surface area contributed by atoms with Gasteiger partial charge in [-0.1, -0.05) is 6.07 Å². The van der Waals surface area contributed by atoms with Gasteiger partial charge < -0.3 is 4.57 Å². The number of aromatic nitrogens is 2. The molecule has 4 rings (SSSR count). The SMILES string of the molecule is Cc1ccc2c(c1)nc1n2CC2CCCN2CC1. The van der Waals surface area contributed by atoms with Crippen molar-refractivity contribution in [3.63, 3.8) is 0 Å². The standard InChI is InChI=1S/C15H19N3/c1-11-4-5-14-13(9-11)16-15-6-8-17-7-2-3-12(17)10-18(14)15/h4-5,9,12H,2-3,6-8,10H2,1H3. The lowest BCUT2D eigenvalue weighted by Gasteiger charge is -2.21. The fourth-order valence-electron chi connectivity index (χ4n) is 3.53. The molecule has 1 saturated heterocycles. The summed E-state index contributed by atoms with van der Waals surface area (Å²) in [6, 6.07) is 7.40. The Labute approximate surface area is 107 Å². The molecule has 94 valence electrons. The van der Waals surface area contributed by atoms with Gasteiger partial charge in [0.25, 0.3) is 0 Å². The molecule has 0 aliphatic carbocycles. The van der Waals surface area contributed by atoms with Crippen LogP contribution in [0, 0.1) is 6.92 Å². The Balaban J connectivity index is 1.84. The summed E-state index contributed by atoms with van der Waals surface area (Å²) in [6.45, 7) is 5.75. The van der Waals surface area contributed by atoms with Crippen molar-refractivity contribution in [3.05, 3.63) is 29.6 Å². The Morgan fingerprint density at radius 1 is 1.28 bits per heavy atom. The van der Waals surface area contributed by atoms with E-state index in [0.717, 1.165) is 19.0 Å². The maximum atomic E-state index is 4.84. The molecular formula is C15H19N3. The van der Waals surface area contributed by atoms with E-state index in [4.69, 9.17) is 4.98 Å². The average Bonchev–Trinajstić information content (AvgIpc) is 2.89. The van der Waals surface area contributed by atoms with E-state index in [0.29, 0.717) is 0 Å². The highest BCUT2D eigenvalue weighted by atomic mass is 15.2. The summed E-state index contributed by atoms with van der Waals surface area (Å²) < 4.78 is 2.46. The van der Waals surface area contributed by atoms with Gasteiger partial charge in [0.05, 0.1) is 11.0 Å². The Hall–Kier alpha value is -1.35. The summed E-state index contributed by atoms with van der Waals surface area (Å²) >= 11 is 0. The minimum Gasteiger partial charge on any atom is -0.326 e. The van der Waals surface area contributed by atoms with Crippen LogP contribution in [0.2, 0.25) is 0 Å². The number of benzene rings is 1. The second-order valence-electron chi connectivity index (χ2n) is 5.71. The fourth-order valence-corrected chi connectivity index (χ4v) is 3.53. The Morgan fingerprint density at radius 2 is 2.22 bits per heavy atom. The summed E-state index contributed by atoms with van der Waals surface area (Å²) in [5.41, 5.74) is 3.80. The van der Waals surface area contributed by atoms with Gasteiger partial charge in [-0.2, -0.15) is 0 Å². The summed E-state index contributed by atoms with van der Waals surface area (Å²) in [6.07, 6.45) is 3.82. The predicted octanol–water partition coefficient (Wildman–Crippen LogP) is 2.37. The molecule has 2 aliphatic rings. The second kappa shape index (κ2) is 3.82. The average molecular weight is 241 g/mol. The summed E-state index contributed by atoms with van der Waals surface area (Å²) in [7, 11) is 0.